The van der Waals surface area contributed by atoms with Crippen LogP contribution in [0.4, 0.5) is 0 Å². The maximum atomic E-state index is 5.09. The van der Waals surface area contributed by atoms with Crippen LogP contribution in [0.1, 0.15) is 16.8 Å². The maximum Gasteiger partial charge on any atom is 0.0737 e. The lowest BCUT2D eigenvalue weighted by atomic mass is 10.00. The molecule has 0 amide bonds. The van der Waals surface area contributed by atoms with Gasteiger partial charge < -0.3 is 4.98 Å². The van der Waals surface area contributed by atoms with Crippen LogP contribution in [0.25, 0.3) is 34.0 Å². The molecule has 5 aromatic rings. The number of hydrogen-bond acceptors (Lipinski definition) is 1. The van der Waals surface area contributed by atoms with E-state index in [1.807, 2.05) is 18.2 Å². The van der Waals surface area contributed by atoms with Gasteiger partial charge in [-0.25, -0.2) is 4.99 Å². The van der Waals surface area contributed by atoms with Crippen LogP contribution < -0.4 is 0 Å². The van der Waals surface area contributed by atoms with Gasteiger partial charge >= 0.3 is 0 Å². The highest BCUT2D eigenvalue weighted by Crippen LogP contribution is 2.36. The average Bonchev–Trinajstić information content (AvgIpc) is 3.56. The third-order valence-electron chi connectivity index (χ3n) is 6.25. The Morgan fingerprint density at radius 1 is 0.543 bits per heavy atom. The van der Waals surface area contributed by atoms with Crippen molar-refractivity contribution >= 4 is 17.4 Å². The molecule has 2 heterocycles. The SMILES string of the molecule is C(=C1N=C(c2ccccc2)C=C1c1ccccc1)c1[nH]c(-c2ccccc2)cc1-c1ccccc1. The molecule has 166 valence electrons. The minimum absolute atomic E-state index is 0.952. The van der Waals surface area contributed by atoms with Crippen LogP contribution in [0.2, 0.25) is 0 Å². The van der Waals surface area contributed by atoms with Gasteiger partial charge in [-0.2, -0.15) is 0 Å². The average molecular weight is 449 g/mol. The van der Waals surface area contributed by atoms with Crippen LogP contribution in [-0.2, 0) is 0 Å². The number of aliphatic imine (C=N–C) groups is 1. The molecule has 2 heteroatoms. The van der Waals surface area contributed by atoms with Gasteiger partial charge in [-0.05, 0) is 34.9 Å². The Morgan fingerprint density at radius 2 is 1.06 bits per heavy atom. The Labute approximate surface area is 205 Å². The quantitative estimate of drug-likeness (QED) is 0.280. The van der Waals surface area contributed by atoms with Crippen molar-refractivity contribution in [2.45, 2.75) is 0 Å². The van der Waals surface area contributed by atoms with E-state index >= 15 is 0 Å². The van der Waals surface area contributed by atoms with Crippen LogP contribution in [0.5, 0.6) is 0 Å². The van der Waals surface area contributed by atoms with Crippen LogP contribution in [-0.4, -0.2) is 10.7 Å². The van der Waals surface area contributed by atoms with E-state index in [1.165, 1.54) is 5.56 Å². The van der Waals surface area contributed by atoms with Crippen LogP contribution >= 0.6 is 0 Å². The minimum atomic E-state index is 0.952. The van der Waals surface area contributed by atoms with Crippen molar-refractivity contribution in [1.29, 1.82) is 0 Å². The predicted molar refractivity (Wildman–Crippen MR) is 147 cm³/mol. The summed E-state index contributed by atoms with van der Waals surface area (Å²) >= 11 is 0. The molecule has 1 aliphatic rings. The summed E-state index contributed by atoms with van der Waals surface area (Å²) in [4.78, 5) is 8.77. The van der Waals surface area contributed by atoms with Crippen LogP contribution in [0.3, 0.4) is 0 Å². The lowest BCUT2D eigenvalue weighted by Crippen LogP contribution is -1.92. The molecule has 0 atom stereocenters. The van der Waals surface area contributed by atoms with Gasteiger partial charge in [0.2, 0.25) is 0 Å². The highest BCUT2D eigenvalue weighted by Gasteiger charge is 2.19. The first-order valence-corrected chi connectivity index (χ1v) is 11.8. The molecular weight excluding hydrogens is 424 g/mol. The molecular formula is C33H24N2. The van der Waals surface area contributed by atoms with Crippen molar-refractivity contribution in [1.82, 2.24) is 4.98 Å². The largest absolute Gasteiger partial charge is 0.354 e. The fourth-order valence-corrected chi connectivity index (χ4v) is 4.50. The Balaban J connectivity index is 1.52. The fraction of sp³-hybridized carbons (Fsp3) is 0. The molecule has 1 aliphatic heterocycles. The molecule has 1 N–H and O–H groups in total. The third-order valence-corrected chi connectivity index (χ3v) is 6.25. The highest BCUT2D eigenvalue weighted by atomic mass is 14.8. The van der Waals surface area contributed by atoms with Gasteiger partial charge in [0.1, 0.15) is 0 Å². The molecule has 0 radical (unpaired) electrons. The Kier molecular flexibility index (Phi) is 5.54. The summed E-state index contributed by atoms with van der Waals surface area (Å²) in [6.45, 7) is 0. The summed E-state index contributed by atoms with van der Waals surface area (Å²) in [5, 5.41) is 0. The summed E-state index contributed by atoms with van der Waals surface area (Å²) in [5.41, 5.74) is 11.0. The van der Waals surface area contributed by atoms with E-state index in [0.717, 1.165) is 50.6 Å². The molecule has 0 saturated carbocycles. The van der Waals surface area contributed by atoms with Gasteiger partial charge in [-0.1, -0.05) is 121 Å². The number of rotatable bonds is 5. The molecule has 0 spiro atoms. The summed E-state index contributed by atoms with van der Waals surface area (Å²) < 4.78 is 0. The summed E-state index contributed by atoms with van der Waals surface area (Å²) in [6, 6.07) is 44.1. The topological polar surface area (TPSA) is 28.1 Å². The number of aromatic nitrogens is 1. The molecule has 0 saturated heterocycles. The number of nitrogens with one attached hydrogen (secondary N) is 1. The molecule has 1 aromatic heterocycles. The smallest absolute Gasteiger partial charge is 0.0737 e. The molecule has 0 unspecified atom stereocenters. The van der Waals surface area contributed by atoms with E-state index < -0.39 is 0 Å². The van der Waals surface area contributed by atoms with E-state index in [-0.39, 0.29) is 0 Å². The predicted octanol–water partition coefficient (Wildman–Crippen LogP) is 8.28. The maximum absolute atomic E-state index is 5.09. The summed E-state index contributed by atoms with van der Waals surface area (Å²) in [6.07, 6.45) is 4.38. The van der Waals surface area contributed by atoms with Gasteiger partial charge in [0, 0.05) is 28.1 Å². The molecule has 2 nitrogen and oxygen atoms in total. The third kappa shape index (κ3) is 4.30. The summed E-state index contributed by atoms with van der Waals surface area (Å²) in [5.74, 6) is 0. The zero-order chi connectivity index (χ0) is 23.5. The van der Waals surface area contributed by atoms with Gasteiger partial charge in [-0.15, -0.1) is 0 Å². The van der Waals surface area contributed by atoms with E-state index in [9.17, 15) is 0 Å². The van der Waals surface area contributed by atoms with Crippen molar-refractivity contribution < 1.29 is 0 Å². The van der Waals surface area contributed by atoms with Crippen LogP contribution in [0.15, 0.2) is 144 Å². The van der Waals surface area contributed by atoms with Gasteiger partial charge in [0.15, 0.2) is 0 Å². The Morgan fingerprint density at radius 3 is 1.66 bits per heavy atom. The van der Waals surface area contributed by atoms with E-state index in [4.69, 9.17) is 4.99 Å². The second-order valence-corrected chi connectivity index (χ2v) is 8.56. The van der Waals surface area contributed by atoms with E-state index in [1.54, 1.807) is 0 Å². The van der Waals surface area contributed by atoms with Gasteiger partial charge in [-0.3, -0.25) is 0 Å². The number of hydrogen-bond donors (Lipinski definition) is 1. The first-order valence-electron chi connectivity index (χ1n) is 11.8. The number of aromatic amines is 1. The summed E-state index contributed by atoms with van der Waals surface area (Å²) in [7, 11) is 0. The standard InChI is InChI=1S/C33H24N2/c1-5-13-24(14-6-1)28-21-30(26-17-9-3-10-18-26)34-32(28)23-33-29(25-15-7-2-8-16-25)22-31(35-33)27-19-11-4-12-20-27/h1-23,34H. The van der Waals surface area contributed by atoms with Crippen molar-refractivity contribution in [3.63, 3.8) is 0 Å². The zero-order valence-corrected chi connectivity index (χ0v) is 19.2. The van der Waals surface area contributed by atoms with Crippen LogP contribution in [0, 0.1) is 0 Å². The Hall–Kier alpha value is -4.69. The zero-order valence-electron chi connectivity index (χ0n) is 19.2. The molecule has 0 aliphatic carbocycles. The van der Waals surface area contributed by atoms with Gasteiger partial charge in [0.05, 0.1) is 11.4 Å². The number of H-pyrrole nitrogens is 1. The number of nitrogens with zero attached hydrogens (tertiary/aromatic N) is 1. The molecule has 0 bridgehead atoms. The normalized spacial score (nSPS) is 14.1. The fourth-order valence-electron chi connectivity index (χ4n) is 4.50. The first-order chi connectivity index (χ1) is 17.3. The lowest BCUT2D eigenvalue weighted by molar-refractivity contribution is 1.35. The van der Waals surface area contributed by atoms with Crippen molar-refractivity contribution in [3.8, 4) is 22.4 Å². The van der Waals surface area contributed by atoms with Crippen molar-refractivity contribution in [2.24, 2.45) is 4.99 Å². The number of allylic oxidation sites excluding steroid dienone is 2. The molecule has 0 fully saturated rings. The lowest BCUT2D eigenvalue weighted by Gasteiger charge is -2.05. The van der Waals surface area contributed by atoms with Crippen molar-refractivity contribution in [2.75, 3.05) is 0 Å². The van der Waals surface area contributed by atoms with Crippen molar-refractivity contribution in [3.05, 3.63) is 156 Å². The monoisotopic (exact) mass is 448 g/mol. The Bertz CT molecular complexity index is 1540. The molecule has 6 rings (SSSR count). The molecule has 35 heavy (non-hydrogen) atoms. The minimum Gasteiger partial charge on any atom is -0.354 e. The molecule has 4 aromatic carbocycles. The second-order valence-electron chi connectivity index (χ2n) is 8.56. The first kappa shape index (κ1) is 20.9. The number of benzene rings is 4. The van der Waals surface area contributed by atoms with E-state index in [0.29, 0.717) is 0 Å². The van der Waals surface area contributed by atoms with Gasteiger partial charge in [0.25, 0.3) is 0 Å². The second kappa shape index (κ2) is 9.28. The van der Waals surface area contributed by atoms with E-state index in [2.05, 4.69) is 126 Å². The highest BCUT2D eigenvalue weighted by molar-refractivity contribution is 6.18.